The van der Waals surface area contributed by atoms with Crippen molar-refractivity contribution in [3.63, 3.8) is 0 Å². The number of hydrogen-bond acceptors (Lipinski definition) is 6. The van der Waals surface area contributed by atoms with Gasteiger partial charge in [0.05, 0.1) is 0 Å². The van der Waals surface area contributed by atoms with E-state index in [9.17, 15) is 9.59 Å². The molecule has 0 radical (unpaired) electrons. The highest BCUT2D eigenvalue weighted by atomic mass is 35.5. The maximum absolute atomic E-state index is 12.7. The Morgan fingerprint density at radius 2 is 1.97 bits per heavy atom. The summed E-state index contributed by atoms with van der Waals surface area (Å²) in [6.07, 6.45) is 3.54. The molecule has 2 aromatic carbocycles. The highest BCUT2D eigenvalue weighted by Crippen LogP contribution is 2.30. The van der Waals surface area contributed by atoms with Crippen LogP contribution in [0, 0.1) is 5.92 Å². The van der Waals surface area contributed by atoms with Crippen LogP contribution in [0.25, 0.3) is 11.1 Å². The van der Waals surface area contributed by atoms with E-state index in [2.05, 4.69) is 16.4 Å². The minimum Gasteiger partial charge on any atom is -0.481 e. The van der Waals surface area contributed by atoms with Gasteiger partial charge in [0.2, 0.25) is 0 Å². The Morgan fingerprint density at radius 1 is 1.15 bits per heavy atom. The molecule has 3 aromatic rings. The minimum atomic E-state index is -0.760. The van der Waals surface area contributed by atoms with Crippen molar-refractivity contribution in [2.75, 3.05) is 11.9 Å². The molecular weight excluding hydrogens is 458 g/mol. The average Bonchev–Trinajstić information content (AvgIpc) is 3.21. The number of anilines is 2. The summed E-state index contributed by atoms with van der Waals surface area (Å²) in [6, 6.07) is 11.7. The first-order valence-corrected chi connectivity index (χ1v) is 11.9. The summed E-state index contributed by atoms with van der Waals surface area (Å²) in [5.41, 5.74) is 4.48. The molecule has 1 aliphatic heterocycles. The first-order valence-electron chi connectivity index (χ1n) is 11.6. The molecule has 2 heterocycles. The second kappa shape index (κ2) is 9.54. The molecule has 1 aromatic heterocycles. The molecule has 2 aliphatic rings. The highest BCUT2D eigenvalue weighted by Gasteiger charge is 2.28. The molecule has 1 aliphatic carbocycles. The summed E-state index contributed by atoms with van der Waals surface area (Å²) < 4.78 is 11.5. The van der Waals surface area contributed by atoms with E-state index in [1.54, 1.807) is 17.0 Å². The number of carbonyl (C=O) groups is 2. The number of nitrogens with zero attached hydrogens (tertiary/aromatic N) is 2. The Bertz CT molecular complexity index is 1220. The van der Waals surface area contributed by atoms with Crippen molar-refractivity contribution in [1.29, 1.82) is 0 Å². The minimum absolute atomic E-state index is 0.128. The summed E-state index contributed by atoms with van der Waals surface area (Å²) >= 11 is 6.01. The van der Waals surface area contributed by atoms with Crippen molar-refractivity contribution in [2.24, 2.45) is 5.92 Å². The molecule has 0 atom stereocenters. The molecule has 1 amide bonds. The lowest BCUT2D eigenvalue weighted by atomic mass is 9.85. The molecule has 0 saturated heterocycles. The first kappa shape index (κ1) is 22.5. The number of ether oxygens (including phenoxy) is 1. The van der Waals surface area contributed by atoms with Crippen LogP contribution >= 0.6 is 11.6 Å². The predicted octanol–water partition coefficient (Wildman–Crippen LogP) is 5.75. The number of hydrogen-bond donors (Lipinski definition) is 2. The molecule has 0 bridgehead atoms. The van der Waals surface area contributed by atoms with Crippen LogP contribution in [0.3, 0.4) is 0 Å². The summed E-state index contributed by atoms with van der Waals surface area (Å²) in [5, 5.41) is 12.7. The number of oxazole rings is 1. The molecule has 34 heavy (non-hydrogen) atoms. The van der Waals surface area contributed by atoms with Crippen molar-refractivity contribution in [2.45, 2.75) is 51.2 Å². The fourth-order valence-corrected chi connectivity index (χ4v) is 4.94. The van der Waals surface area contributed by atoms with Crippen molar-refractivity contribution < 1.29 is 23.8 Å². The number of amides is 1. The van der Waals surface area contributed by atoms with Crippen LogP contribution in [0.15, 0.2) is 40.8 Å². The van der Waals surface area contributed by atoms with Crippen LogP contribution in [-0.4, -0.2) is 39.7 Å². The van der Waals surface area contributed by atoms with Gasteiger partial charge in [0.15, 0.2) is 5.58 Å². The monoisotopic (exact) mass is 483 g/mol. The average molecular weight is 484 g/mol. The van der Waals surface area contributed by atoms with Crippen LogP contribution in [-0.2, 0) is 22.5 Å². The van der Waals surface area contributed by atoms with Gasteiger partial charge in [0, 0.05) is 36.3 Å². The Kier molecular flexibility index (Phi) is 6.32. The lowest BCUT2D eigenvalue weighted by Crippen LogP contribution is -2.39. The Balaban J connectivity index is 1.17. The zero-order chi connectivity index (χ0) is 23.7. The van der Waals surface area contributed by atoms with Crippen LogP contribution in [0.1, 0.15) is 43.2 Å². The number of benzene rings is 2. The molecule has 5 rings (SSSR count). The third kappa shape index (κ3) is 5.12. The Hall–Kier alpha value is -3.26. The van der Waals surface area contributed by atoms with Gasteiger partial charge in [-0.15, -0.1) is 0 Å². The van der Waals surface area contributed by atoms with E-state index in [-0.39, 0.29) is 24.5 Å². The summed E-state index contributed by atoms with van der Waals surface area (Å²) in [6.45, 7) is 1.09. The highest BCUT2D eigenvalue weighted by molar-refractivity contribution is 6.31. The zero-order valence-corrected chi connectivity index (χ0v) is 19.4. The first-order chi connectivity index (χ1) is 16.4. The third-order valence-corrected chi connectivity index (χ3v) is 6.84. The van der Waals surface area contributed by atoms with Crippen LogP contribution in [0.5, 0.6) is 0 Å². The fourth-order valence-electron chi connectivity index (χ4n) is 4.78. The molecule has 1 fully saturated rings. The van der Waals surface area contributed by atoms with E-state index in [0.29, 0.717) is 29.7 Å². The van der Waals surface area contributed by atoms with Crippen molar-refractivity contribution in [3.05, 3.63) is 52.5 Å². The largest absolute Gasteiger partial charge is 0.481 e. The van der Waals surface area contributed by atoms with Gasteiger partial charge in [-0.2, -0.15) is 4.98 Å². The standard InChI is InChI=1S/C25H26ClN3O5/c26-18-4-8-21-22(13-18)34-24(28-21)27-19-5-3-17-14-29(10-9-16(17)12-19)25(32)33-20-6-1-15(2-7-20)11-23(30)31/h3-5,8,12-13,15,20H,1-2,6-7,9-11,14H2,(H,27,28)(H,30,31). The van der Waals surface area contributed by atoms with E-state index in [1.807, 2.05) is 18.2 Å². The fraction of sp³-hybridized carbons (Fsp3) is 0.400. The molecule has 0 unspecified atom stereocenters. The number of nitrogens with one attached hydrogen (secondary N) is 1. The number of rotatable bonds is 5. The topological polar surface area (TPSA) is 105 Å². The lowest BCUT2D eigenvalue weighted by Gasteiger charge is -2.32. The van der Waals surface area contributed by atoms with Crippen LogP contribution < -0.4 is 5.32 Å². The van der Waals surface area contributed by atoms with E-state index < -0.39 is 5.97 Å². The summed E-state index contributed by atoms with van der Waals surface area (Å²) in [7, 11) is 0. The summed E-state index contributed by atoms with van der Waals surface area (Å²) in [5.74, 6) is -0.575. The second-order valence-electron chi connectivity index (χ2n) is 9.04. The van der Waals surface area contributed by atoms with Gasteiger partial charge in [-0.05, 0) is 73.4 Å². The van der Waals surface area contributed by atoms with Gasteiger partial charge in [0.25, 0.3) is 6.01 Å². The second-order valence-corrected chi connectivity index (χ2v) is 9.47. The molecule has 0 spiro atoms. The number of carbonyl (C=O) groups excluding carboxylic acids is 1. The van der Waals surface area contributed by atoms with Gasteiger partial charge in [-0.1, -0.05) is 17.7 Å². The number of carboxylic acid groups (broad SMARTS) is 1. The normalized spacial score (nSPS) is 20.1. The number of halogens is 1. The lowest BCUT2D eigenvalue weighted by molar-refractivity contribution is -0.138. The molecule has 9 heteroatoms. The number of fused-ring (bicyclic) bond motifs is 2. The maximum Gasteiger partial charge on any atom is 0.410 e. The SMILES string of the molecule is O=C(O)CC1CCC(OC(=O)N2CCc3cc(Nc4nc5ccc(Cl)cc5o4)ccc3C2)CC1. The quantitative estimate of drug-likeness (QED) is 0.475. The van der Waals surface area contributed by atoms with Gasteiger partial charge in [-0.25, -0.2) is 4.79 Å². The van der Waals surface area contributed by atoms with E-state index >= 15 is 0 Å². The van der Waals surface area contributed by atoms with Gasteiger partial charge >= 0.3 is 12.1 Å². The van der Waals surface area contributed by atoms with Gasteiger partial charge < -0.3 is 24.5 Å². The van der Waals surface area contributed by atoms with E-state index in [0.717, 1.165) is 48.9 Å². The van der Waals surface area contributed by atoms with Gasteiger partial charge in [-0.3, -0.25) is 4.79 Å². The zero-order valence-electron chi connectivity index (χ0n) is 18.6. The Labute approximate surface area is 201 Å². The number of aliphatic carboxylic acids is 1. The smallest absolute Gasteiger partial charge is 0.410 e. The molecule has 178 valence electrons. The Morgan fingerprint density at radius 3 is 2.76 bits per heavy atom. The molecule has 2 N–H and O–H groups in total. The van der Waals surface area contributed by atoms with Crippen molar-refractivity contribution in [1.82, 2.24) is 9.88 Å². The number of carboxylic acids is 1. The predicted molar refractivity (Wildman–Crippen MR) is 127 cm³/mol. The third-order valence-electron chi connectivity index (χ3n) is 6.60. The molecule has 8 nitrogen and oxygen atoms in total. The summed E-state index contributed by atoms with van der Waals surface area (Å²) in [4.78, 5) is 29.8. The van der Waals surface area contributed by atoms with Crippen LogP contribution in [0.4, 0.5) is 16.5 Å². The van der Waals surface area contributed by atoms with Gasteiger partial charge in [0.1, 0.15) is 11.6 Å². The number of aromatic nitrogens is 1. The van der Waals surface area contributed by atoms with Crippen LogP contribution in [0.2, 0.25) is 5.02 Å². The van der Waals surface area contributed by atoms with Crippen molar-refractivity contribution in [3.8, 4) is 0 Å². The van der Waals surface area contributed by atoms with E-state index in [4.69, 9.17) is 25.9 Å². The maximum atomic E-state index is 12.7. The van der Waals surface area contributed by atoms with E-state index in [1.165, 1.54) is 5.56 Å². The molecule has 1 saturated carbocycles. The van der Waals surface area contributed by atoms with Crippen molar-refractivity contribution >= 4 is 46.5 Å². The molecular formula is C25H26ClN3O5.